The molecule has 1 aliphatic heterocycles. The van der Waals surface area contributed by atoms with E-state index < -0.39 is 11.4 Å². The average Bonchev–Trinajstić information content (AvgIpc) is 2.64. The maximum atomic E-state index is 13.2. The number of aryl methyl sites for hydroxylation is 1. The summed E-state index contributed by atoms with van der Waals surface area (Å²) in [6.07, 6.45) is 2.22. The Bertz CT molecular complexity index is 942. The first-order valence-electron chi connectivity index (χ1n) is 10.4. The van der Waals surface area contributed by atoms with Crippen molar-refractivity contribution in [2.45, 2.75) is 65.2 Å². The van der Waals surface area contributed by atoms with Crippen molar-refractivity contribution >= 4 is 28.2 Å². The Morgan fingerprint density at radius 1 is 1.28 bits per heavy atom. The summed E-state index contributed by atoms with van der Waals surface area (Å²) in [6, 6.07) is 3.77. The van der Waals surface area contributed by atoms with Crippen molar-refractivity contribution in [2.75, 3.05) is 18.0 Å². The zero-order valence-corrected chi connectivity index (χ0v) is 19.5. The molecule has 0 bridgehead atoms. The van der Waals surface area contributed by atoms with E-state index in [-0.39, 0.29) is 16.3 Å². The van der Waals surface area contributed by atoms with Crippen LogP contribution < -0.4 is 15.2 Å². The van der Waals surface area contributed by atoms with Gasteiger partial charge in [-0.25, -0.2) is 4.98 Å². The van der Waals surface area contributed by atoms with Gasteiger partial charge in [0.05, 0.1) is 16.9 Å². The standard InChI is InChI=1S/C22H34N4O2S/c1-14-8-10-26(11-9-14)21-23-19-17(16(3)24-29(28)22(4,5)6)12-15(2)13-18(19)20(27)25(21)7/h12-14,16,24H,8-11H2,1-7H3/t16-,29-/m1/s1. The molecule has 0 saturated carbocycles. The van der Waals surface area contributed by atoms with E-state index in [1.54, 1.807) is 11.6 Å². The van der Waals surface area contributed by atoms with Crippen LogP contribution in [0.5, 0.6) is 0 Å². The molecule has 1 saturated heterocycles. The first-order chi connectivity index (χ1) is 13.5. The number of anilines is 1. The van der Waals surface area contributed by atoms with Crippen molar-refractivity contribution < 1.29 is 4.55 Å². The van der Waals surface area contributed by atoms with E-state index in [0.717, 1.165) is 43.0 Å². The van der Waals surface area contributed by atoms with Crippen LogP contribution in [0.25, 0.3) is 10.9 Å². The number of piperidine rings is 1. The Hall–Kier alpha value is -1.57. The number of fused-ring (bicyclic) bond motifs is 1. The summed E-state index contributed by atoms with van der Waals surface area (Å²) in [4.78, 5) is 20.4. The van der Waals surface area contributed by atoms with Crippen LogP contribution in [-0.2, 0) is 18.4 Å². The van der Waals surface area contributed by atoms with Gasteiger partial charge >= 0.3 is 0 Å². The van der Waals surface area contributed by atoms with Crippen LogP contribution in [0.1, 0.15) is 64.6 Å². The third kappa shape index (κ3) is 4.62. The van der Waals surface area contributed by atoms with Gasteiger partial charge in [0.25, 0.3) is 5.56 Å². The van der Waals surface area contributed by atoms with Crippen molar-refractivity contribution in [3.8, 4) is 0 Å². The molecule has 2 aromatic rings. The van der Waals surface area contributed by atoms with E-state index in [2.05, 4.69) is 16.5 Å². The second-order valence-electron chi connectivity index (χ2n) is 9.42. The Morgan fingerprint density at radius 3 is 2.48 bits per heavy atom. The minimum absolute atomic E-state index is 0.0299. The van der Waals surface area contributed by atoms with Crippen LogP contribution in [0, 0.1) is 12.8 Å². The molecule has 1 fully saturated rings. The summed E-state index contributed by atoms with van der Waals surface area (Å²) in [5.74, 6) is 1.43. The maximum absolute atomic E-state index is 13.2. The molecule has 2 atom stereocenters. The molecule has 1 aliphatic rings. The summed E-state index contributed by atoms with van der Waals surface area (Å²) in [6.45, 7) is 13.9. The Morgan fingerprint density at radius 2 is 1.90 bits per heavy atom. The summed E-state index contributed by atoms with van der Waals surface area (Å²) >= 11 is -1.21. The fraction of sp³-hybridized carbons (Fsp3) is 0.636. The molecule has 1 N–H and O–H groups in total. The predicted molar refractivity (Wildman–Crippen MR) is 122 cm³/mol. The lowest BCUT2D eigenvalue weighted by Gasteiger charge is -2.32. The maximum Gasteiger partial charge on any atom is 0.262 e. The molecule has 3 rings (SSSR count). The lowest BCUT2D eigenvalue weighted by Crippen LogP contribution is -2.41. The number of nitrogens with one attached hydrogen (secondary N) is 1. The smallest absolute Gasteiger partial charge is 0.262 e. The molecule has 0 amide bonds. The lowest BCUT2D eigenvalue weighted by molar-refractivity contribution is 0.431. The van der Waals surface area contributed by atoms with Gasteiger partial charge in [0.1, 0.15) is 4.75 Å². The first-order valence-corrected chi connectivity index (χ1v) is 11.6. The Kier molecular flexibility index (Phi) is 6.32. The number of hydrogen-bond acceptors (Lipinski definition) is 5. The summed E-state index contributed by atoms with van der Waals surface area (Å²) in [7, 11) is 1.81. The van der Waals surface area contributed by atoms with E-state index >= 15 is 0 Å². The van der Waals surface area contributed by atoms with Gasteiger partial charge in [0.15, 0.2) is 0 Å². The van der Waals surface area contributed by atoms with Crippen molar-refractivity contribution in [2.24, 2.45) is 13.0 Å². The second-order valence-corrected chi connectivity index (χ2v) is 11.4. The minimum Gasteiger partial charge on any atom is -0.598 e. The van der Waals surface area contributed by atoms with Gasteiger partial charge in [-0.3, -0.25) is 9.36 Å². The molecule has 160 valence electrons. The number of rotatable bonds is 4. The van der Waals surface area contributed by atoms with Crippen LogP contribution in [0.2, 0.25) is 0 Å². The molecule has 1 aromatic carbocycles. The highest BCUT2D eigenvalue weighted by Gasteiger charge is 2.29. The second kappa shape index (κ2) is 8.28. The van der Waals surface area contributed by atoms with Gasteiger partial charge in [-0.15, -0.1) is 4.72 Å². The third-order valence-corrected chi connectivity index (χ3v) is 7.38. The number of aromatic nitrogens is 2. The molecule has 6 nitrogen and oxygen atoms in total. The monoisotopic (exact) mass is 418 g/mol. The molecule has 1 aromatic heterocycles. The molecule has 0 aliphatic carbocycles. The Labute approximate surface area is 177 Å². The van der Waals surface area contributed by atoms with Crippen LogP contribution >= 0.6 is 0 Å². The third-order valence-electron chi connectivity index (χ3n) is 5.70. The van der Waals surface area contributed by atoms with Gasteiger partial charge in [-0.1, -0.05) is 13.0 Å². The van der Waals surface area contributed by atoms with E-state index in [4.69, 9.17) is 4.98 Å². The predicted octanol–water partition coefficient (Wildman–Crippen LogP) is 3.59. The molecular weight excluding hydrogens is 384 g/mol. The average molecular weight is 419 g/mol. The number of benzene rings is 1. The zero-order chi connectivity index (χ0) is 21.5. The topological polar surface area (TPSA) is 73.2 Å². The molecule has 29 heavy (non-hydrogen) atoms. The molecule has 0 radical (unpaired) electrons. The SMILES string of the molecule is Cc1cc([C@@H](C)N[S@+]([O-])C(C)(C)C)c2nc(N3CCC(C)CC3)n(C)c(=O)c2c1. The fourth-order valence-corrected chi connectivity index (χ4v) is 4.57. The summed E-state index contributed by atoms with van der Waals surface area (Å²) in [5, 5.41) is 0.617. The van der Waals surface area contributed by atoms with Crippen molar-refractivity contribution in [3.05, 3.63) is 33.6 Å². The van der Waals surface area contributed by atoms with Gasteiger partial charge in [-0.2, -0.15) is 0 Å². The largest absolute Gasteiger partial charge is 0.598 e. The van der Waals surface area contributed by atoms with Crippen LogP contribution in [0.3, 0.4) is 0 Å². The molecular formula is C22H34N4O2S. The van der Waals surface area contributed by atoms with E-state index in [0.29, 0.717) is 16.8 Å². The summed E-state index contributed by atoms with van der Waals surface area (Å²) < 4.78 is 17.2. The highest BCUT2D eigenvalue weighted by Crippen LogP contribution is 2.28. The van der Waals surface area contributed by atoms with Crippen molar-refractivity contribution in [1.82, 2.24) is 14.3 Å². The van der Waals surface area contributed by atoms with Gasteiger partial charge in [0, 0.05) is 37.1 Å². The van der Waals surface area contributed by atoms with Crippen molar-refractivity contribution in [1.29, 1.82) is 0 Å². The molecule has 2 heterocycles. The number of nitrogens with zero attached hydrogens (tertiary/aromatic N) is 3. The van der Waals surface area contributed by atoms with Crippen molar-refractivity contribution in [3.63, 3.8) is 0 Å². The highest BCUT2D eigenvalue weighted by atomic mass is 32.2. The number of hydrogen-bond donors (Lipinski definition) is 1. The lowest BCUT2D eigenvalue weighted by atomic mass is 9.99. The molecule has 7 heteroatoms. The zero-order valence-electron chi connectivity index (χ0n) is 18.7. The van der Waals surface area contributed by atoms with E-state index in [1.165, 1.54) is 0 Å². The van der Waals surface area contributed by atoms with Gasteiger partial charge in [0.2, 0.25) is 5.95 Å². The summed E-state index contributed by atoms with van der Waals surface area (Å²) in [5.41, 5.74) is 2.60. The molecule has 0 unspecified atom stereocenters. The van der Waals surface area contributed by atoms with Gasteiger partial charge in [-0.05, 0) is 65.0 Å². The Balaban J connectivity index is 2.09. The van der Waals surface area contributed by atoms with Crippen LogP contribution in [0.4, 0.5) is 5.95 Å². The van der Waals surface area contributed by atoms with Crippen LogP contribution in [-0.4, -0.2) is 31.9 Å². The first kappa shape index (κ1) is 22.1. The minimum atomic E-state index is -1.21. The quantitative estimate of drug-likeness (QED) is 0.768. The van der Waals surface area contributed by atoms with Crippen LogP contribution in [0.15, 0.2) is 16.9 Å². The molecule has 0 spiro atoms. The normalized spacial score (nSPS) is 18.3. The van der Waals surface area contributed by atoms with E-state index in [9.17, 15) is 9.35 Å². The highest BCUT2D eigenvalue weighted by molar-refractivity contribution is 7.90. The van der Waals surface area contributed by atoms with E-state index in [1.807, 2.05) is 46.8 Å². The van der Waals surface area contributed by atoms with Gasteiger partial charge < -0.3 is 9.45 Å². The fourth-order valence-electron chi connectivity index (χ4n) is 3.76.